The van der Waals surface area contributed by atoms with Gasteiger partial charge in [-0.1, -0.05) is 6.07 Å². The Kier molecular flexibility index (Phi) is 3.19. The number of aryl methyl sites for hydroxylation is 1. The van der Waals surface area contributed by atoms with E-state index in [9.17, 15) is 4.79 Å². The minimum absolute atomic E-state index is 0.352. The van der Waals surface area contributed by atoms with Gasteiger partial charge < -0.3 is 10.4 Å². The van der Waals surface area contributed by atoms with Crippen LogP contribution >= 0.6 is 0 Å². The van der Waals surface area contributed by atoms with E-state index in [0.717, 1.165) is 30.3 Å². The zero-order chi connectivity index (χ0) is 13.4. The molecule has 1 aromatic carbocycles. The molecule has 1 unspecified atom stereocenters. The molecule has 1 aliphatic carbocycles. The number of carboxylic acid groups (broad SMARTS) is 1. The van der Waals surface area contributed by atoms with Gasteiger partial charge in [-0.15, -0.1) is 0 Å². The van der Waals surface area contributed by atoms with E-state index < -0.39 is 5.97 Å². The number of likely N-dealkylation sites (tertiary alicyclic amines) is 1. The fourth-order valence-corrected chi connectivity index (χ4v) is 2.81. The van der Waals surface area contributed by atoms with Gasteiger partial charge >= 0.3 is 5.97 Å². The van der Waals surface area contributed by atoms with Crippen molar-refractivity contribution in [1.82, 2.24) is 4.90 Å². The van der Waals surface area contributed by atoms with E-state index in [2.05, 4.69) is 10.2 Å². The van der Waals surface area contributed by atoms with Gasteiger partial charge in [0.1, 0.15) is 0 Å². The fourth-order valence-electron chi connectivity index (χ4n) is 2.81. The van der Waals surface area contributed by atoms with Crippen LogP contribution in [0.15, 0.2) is 18.2 Å². The Morgan fingerprint density at radius 3 is 2.84 bits per heavy atom. The molecule has 1 atom stereocenters. The van der Waals surface area contributed by atoms with Gasteiger partial charge in [0.2, 0.25) is 0 Å². The van der Waals surface area contributed by atoms with Gasteiger partial charge in [-0.25, -0.2) is 4.79 Å². The third-order valence-electron chi connectivity index (χ3n) is 4.13. The van der Waals surface area contributed by atoms with E-state index in [-0.39, 0.29) is 0 Å². The van der Waals surface area contributed by atoms with Crippen molar-refractivity contribution < 1.29 is 9.90 Å². The van der Waals surface area contributed by atoms with Gasteiger partial charge in [-0.05, 0) is 43.9 Å². The molecule has 2 fully saturated rings. The minimum atomic E-state index is -0.867. The van der Waals surface area contributed by atoms with Crippen molar-refractivity contribution in [3.05, 3.63) is 29.3 Å². The van der Waals surface area contributed by atoms with Crippen LogP contribution in [0.1, 0.15) is 35.2 Å². The van der Waals surface area contributed by atoms with E-state index >= 15 is 0 Å². The smallest absolute Gasteiger partial charge is 0.335 e. The first kappa shape index (κ1) is 12.5. The zero-order valence-corrected chi connectivity index (χ0v) is 11.2. The molecule has 1 heterocycles. The van der Waals surface area contributed by atoms with Crippen LogP contribution in [0.2, 0.25) is 0 Å². The number of carboxylic acids is 1. The first-order valence-electron chi connectivity index (χ1n) is 6.98. The summed E-state index contributed by atoms with van der Waals surface area (Å²) >= 11 is 0. The Bertz CT molecular complexity index is 497. The lowest BCUT2D eigenvalue weighted by Crippen LogP contribution is -2.28. The lowest BCUT2D eigenvalue weighted by Gasteiger charge is -2.18. The number of carbonyl (C=O) groups is 1. The highest BCUT2D eigenvalue weighted by Gasteiger charge is 2.34. The summed E-state index contributed by atoms with van der Waals surface area (Å²) in [7, 11) is 0. The van der Waals surface area contributed by atoms with E-state index in [1.165, 1.54) is 19.4 Å². The molecule has 1 aromatic rings. The summed E-state index contributed by atoms with van der Waals surface area (Å²) in [5.74, 6) is -0.867. The van der Waals surface area contributed by atoms with Crippen LogP contribution < -0.4 is 5.32 Å². The average Bonchev–Trinajstić information content (AvgIpc) is 3.13. The molecule has 2 aliphatic rings. The van der Waals surface area contributed by atoms with Crippen molar-refractivity contribution in [2.45, 2.75) is 38.3 Å². The second-order valence-corrected chi connectivity index (χ2v) is 5.69. The number of nitrogens with one attached hydrogen (secondary N) is 1. The first-order valence-corrected chi connectivity index (χ1v) is 6.98. The predicted molar refractivity (Wildman–Crippen MR) is 74.8 cm³/mol. The molecule has 2 N–H and O–H groups in total. The number of hydrogen-bond acceptors (Lipinski definition) is 3. The van der Waals surface area contributed by atoms with E-state index in [1.807, 2.05) is 13.0 Å². The summed E-state index contributed by atoms with van der Waals surface area (Å²) in [6.07, 6.45) is 3.84. The quantitative estimate of drug-likeness (QED) is 0.872. The molecule has 0 aromatic heterocycles. The van der Waals surface area contributed by atoms with E-state index in [4.69, 9.17) is 5.11 Å². The standard InChI is InChI=1S/C15H20N2O2/c1-10-2-3-11(15(18)19)8-14(10)16-12-6-7-17(9-12)13-4-5-13/h2-3,8,12-13,16H,4-7,9H2,1H3,(H,18,19). The van der Waals surface area contributed by atoms with Crippen LogP contribution in [-0.4, -0.2) is 41.1 Å². The van der Waals surface area contributed by atoms with Gasteiger partial charge in [0.15, 0.2) is 0 Å². The maximum atomic E-state index is 11.0. The molecular formula is C15H20N2O2. The van der Waals surface area contributed by atoms with Crippen LogP contribution in [0, 0.1) is 6.92 Å². The van der Waals surface area contributed by atoms with Gasteiger partial charge in [0.05, 0.1) is 5.56 Å². The Hall–Kier alpha value is -1.55. The van der Waals surface area contributed by atoms with Crippen molar-refractivity contribution in [2.24, 2.45) is 0 Å². The second-order valence-electron chi connectivity index (χ2n) is 5.69. The molecule has 0 bridgehead atoms. The number of aromatic carboxylic acids is 1. The predicted octanol–water partition coefficient (Wildman–Crippen LogP) is 2.34. The molecule has 19 heavy (non-hydrogen) atoms. The Labute approximate surface area is 113 Å². The SMILES string of the molecule is Cc1ccc(C(=O)O)cc1NC1CCN(C2CC2)C1. The lowest BCUT2D eigenvalue weighted by atomic mass is 10.1. The summed E-state index contributed by atoms with van der Waals surface area (Å²) < 4.78 is 0. The van der Waals surface area contributed by atoms with Gasteiger partial charge in [-0.2, -0.15) is 0 Å². The number of nitrogens with zero attached hydrogens (tertiary/aromatic N) is 1. The molecule has 4 heteroatoms. The highest BCUT2D eigenvalue weighted by molar-refractivity contribution is 5.89. The molecular weight excluding hydrogens is 240 g/mol. The highest BCUT2D eigenvalue weighted by Crippen LogP contribution is 2.31. The summed E-state index contributed by atoms with van der Waals surface area (Å²) in [5, 5.41) is 12.6. The zero-order valence-electron chi connectivity index (χ0n) is 11.2. The Balaban J connectivity index is 1.68. The minimum Gasteiger partial charge on any atom is -0.478 e. The Morgan fingerprint density at radius 1 is 1.37 bits per heavy atom. The number of rotatable bonds is 4. The van der Waals surface area contributed by atoms with Crippen molar-refractivity contribution >= 4 is 11.7 Å². The summed E-state index contributed by atoms with van der Waals surface area (Å²) in [6.45, 7) is 4.27. The maximum absolute atomic E-state index is 11.0. The molecule has 0 spiro atoms. The fraction of sp³-hybridized carbons (Fsp3) is 0.533. The molecule has 0 amide bonds. The first-order chi connectivity index (χ1) is 9.13. The van der Waals surface area contributed by atoms with Crippen LogP contribution in [0.4, 0.5) is 5.69 Å². The normalized spacial score (nSPS) is 23.5. The van der Waals surface area contributed by atoms with Crippen molar-refractivity contribution in [1.29, 1.82) is 0 Å². The molecule has 4 nitrogen and oxygen atoms in total. The molecule has 102 valence electrons. The lowest BCUT2D eigenvalue weighted by molar-refractivity contribution is 0.0697. The third-order valence-corrected chi connectivity index (χ3v) is 4.13. The van der Waals surface area contributed by atoms with E-state index in [0.29, 0.717) is 11.6 Å². The van der Waals surface area contributed by atoms with E-state index in [1.54, 1.807) is 12.1 Å². The molecule has 1 saturated heterocycles. The largest absolute Gasteiger partial charge is 0.478 e. The molecule has 0 radical (unpaired) electrons. The van der Waals surface area contributed by atoms with Crippen molar-refractivity contribution in [2.75, 3.05) is 18.4 Å². The molecule has 1 saturated carbocycles. The maximum Gasteiger partial charge on any atom is 0.335 e. The number of hydrogen-bond donors (Lipinski definition) is 2. The average molecular weight is 260 g/mol. The van der Waals surface area contributed by atoms with Gasteiger partial charge in [-0.3, -0.25) is 4.90 Å². The highest BCUT2D eigenvalue weighted by atomic mass is 16.4. The Morgan fingerprint density at radius 2 is 2.16 bits per heavy atom. The van der Waals surface area contributed by atoms with Crippen LogP contribution in [-0.2, 0) is 0 Å². The third kappa shape index (κ3) is 2.73. The van der Waals surface area contributed by atoms with Crippen LogP contribution in [0.25, 0.3) is 0 Å². The topological polar surface area (TPSA) is 52.6 Å². The van der Waals surface area contributed by atoms with Crippen molar-refractivity contribution in [3.63, 3.8) is 0 Å². The number of anilines is 1. The number of benzene rings is 1. The van der Waals surface area contributed by atoms with Crippen molar-refractivity contribution in [3.8, 4) is 0 Å². The van der Waals surface area contributed by atoms with Crippen LogP contribution in [0.5, 0.6) is 0 Å². The second kappa shape index (κ2) is 4.85. The summed E-state index contributed by atoms with van der Waals surface area (Å²) in [4.78, 5) is 13.6. The molecule has 3 rings (SSSR count). The summed E-state index contributed by atoms with van der Waals surface area (Å²) in [5.41, 5.74) is 2.42. The van der Waals surface area contributed by atoms with Gasteiger partial charge in [0, 0.05) is 30.9 Å². The van der Waals surface area contributed by atoms with Crippen LogP contribution in [0.3, 0.4) is 0 Å². The molecule has 1 aliphatic heterocycles. The monoisotopic (exact) mass is 260 g/mol. The van der Waals surface area contributed by atoms with Gasteiger partial charge in [0.25, 0.3) is 0 Å². The summed E-state index contributed by atoms with van der Waals surface area (Å²) in [6, 6.07) is 6.55.